The molecule has 1 atom stereocenters. The van der Waals surface area contributed by atoms with E-state index in [-0.39, 0.29) is 18.0 Å². The molecule has 0 aromatic heterocycles. The number of phenols is 1. The Morgan fingerprint density at radius 1 is 1.31 bits per heavy atom. The van der Waals surface area contributed by atoms with Gasteiger partial charge in [0.05, 0.1) is 0 Å². The molecule has 0 aliphatic heterocycles. The van der Waals surface area contributed by atoms with Crippen LogP contribution in [0.15, 0.2) is 12.1 Å². The van der Waals surface area contributed by atoms with Crippen LogP contribution < -0.4 is 5.73 Å². The van der Waals surface area contributed by atoms with Crippen LogP contribution in [-0.4, -0.2) is 5.11 Å². The topological polar surface area (TPSA) is 46.2 Å². The molecular weight excluding hydrogens is 200 g/mol. The van der Waals surface area contributed by atoms with Crippen LogP contribution in [0.5, 0.6) is 5.75 Å². The highest BCUT2D eigenvalue weighted by molar-refractivity contribution is 5.85. The minimum Gasteiger partial charge on any atom is -0.505 e. The van der Waals surface area contributed by atoms with E-state index in [1.165, 1.54) is 6.92 Å². The second-order valence-electron chi connectivity index (χ2n) is 2.58. The molecule has 0 aliphatic rings. The monoisotopic (exact) mass is 209 g/mol. The van der Waals surface area contributed by atoms with E-state index in [1.807, 2.05) is 0 Å². The fraction of sp³-hybridized carbons (Fsp3) is 0.250. The maximum Gasteiger partial charge on any atom is 0.165 e. The molecule has 3 N–H and O–H groups in total. The van der Waals surface area contributed by atoms with E-state index >= 15 is 0 Å². The third-order valence-corrected chi connectivity index (χ3v) is 1.57. The smallest absolute Gasteiger partial charge is 0.165 e. The Balaban J connectivity index is 0.00000144. The Morgan fingerprint density at radius 2 is 1.77 bits per heavy atom. The standard InChI is InChI=1S/C8H9F2NO.ClH/c1-4(11)7-5(9)2-3-6(10)8(7)12;/h2-4,12H,11H2,1H3;1H/t4-;/m1./s1. The van der Waals surface area contributed by atoms with Crippen molar-refractivity contribution in [1.82, 2.24) is 0 Å². The molecule has 74 valence electrons. The van der Waals surface area contributed by atoms with Crippen LogP contribution in [0, 0.1) is 11.6 Å². The third kappa shape index (κ3) is 2.29. The molecule has 0 aliphatic carbocycles. The van der Waals surface area contributed by atoms with Gasteiger partial charge in [-0.3, -0.25) is 0 Å². The zero-order chi connectivity index (χ0) is 9.30. The molecule has 0 saturated carbocycles. The SMILES string of the molecule is C[C@@H](N)c1c(F)ccc(F)c1O.Cl. The summed E-state index contributed by atoms with van der Waals surface area (Å²) in [5, 5.41) is 9.05. The first-order valence-corrected chi connectivity index (χ1v) is 3.46. The number of halogens is 3. The Labute approximate surface area is 80.8 Å². The van der Waals surface area contributed by atoms with E-state index in [2.05, 4.69) is 0 Å². The Kier molecular flexibility index (Phi) is 4.10. The highest BCUT2D eigenvalue weighted by atomic mass is 35.5. The highest BCUT2D eigenvalue weighted by Gasteiger charge is 2.15. The van der Waals surface area contributed by atoms with Crippen molar-refractivity contribution in [3.05, 3.63) is 29.3 Å². The summed E-state index contributed by atoms with van der Waals surface area (Å²) in [6.07, 6.45) is 0. The van der Waals surface area contributed by atoms with Gasteiger partial charge in [0.25, 0.3) is 0 Å². The first kappa shape index (κ1) is 12.1. The fourth-order valence-electron chi connectivity index (χ4n) is 0.990. The molecule has 0 bridgehead atoms. The summed E-state index contributed by atoms with van der Waals surface area (Å²) in [6.45, 7) is 1.47. The molecule has 0 heterocycles. The van der Waals surface area contributed by atoms with Gasteiger partial charge in [0, 0.05) is 11.6 Å². The molecule has 0 spiro atoms. The summed E-state index contributed by atoms with van der Waals surface area (Å²) in [6, 6.07) is 1.07. The molecule has 0 amide bonds. The lowest BCUT2D eigenvalue weighted by atomic mass is 10.1. The first-order valence-electron chi connectivity index (χ1n) is 3.46. The van der Waals surface area contributed by atoms with Crippen LogP contribution >= 0.6 is 12.4 Å². The fourth-order valence-corrected chi connectivity index (χ4v) is 0.990. The Bertz CT molecular complexity index is 304. The van der Waals surface area contributed by atoms with Crippen LogP contribution in [0.2, 0.25) is 0 Å². The number of phenolic OH excluding ortho intramolecular Hbond substituents is 1. The largest absolute Gasteiger partial charge is 0.505 e. The van der Waals surface area contributed by atoms with Crippen LogP contribution in [0.4, 0.5) is 8.78 Å². The van der Waals surface area contributed by atoms with E-state index in [0.717, 1.165) is 12.1 Å². The molecule has 2 nitrogen and oxygen atoms in total. The van der Waals surface area contributed by atoms with Gasteiger partial charge < -0.3 is 10.8 Å². The third-order valence-electron chi connectivity index (χ3n) is 1.57. The average molecular weight is 210 g/mol. The Morgan fingerprint density at radius 3 is 2.15 bits per heavy atom. The summed E-state index contributed by atoms with van der Waals surface area (Å²) >= 11 is 0. The quantitative estimate of drug-likeness (QED) is 0.744. The predicted molar refractivity (Wildman–Crippen MR) is 47.9 cm³/mol. The lowest BCUT2D eigenvalue weighted by Crippen LogP contribution is -2.08. The van der Waals surface area contributed by atoms with Crippen molar-refractivity contribution in [1.29, 1.82) is 0 Å². The van der Waals surface area contributed by atoms with Crippen molar-refractivity contribution in [2.24, 2.45) is 5.73 Å². The van der Waals surface area contributed by atoms with Crippen molar-refractivity contribution in [3.8, 4) is 5.75 Å². The molecule has 0 fully saturated rings. The van der Waals surface area contributed by atoms with Gasteiger partial charge in [0.1, 0.15) is 5.82 Å². The molecule has 0 unspecified atom stereocenters. The summed E-state index contributed by atoms with van der Waals surface area (Å²) in [5.74, 6) is -2.25. The van der Waals surface area contributed by atoms with Crippen molar-refractivity contribution in [3.63, 3.8) is 0 Å². The molecular formula is C8H10ClF2NO. The van der Waals surface area contributed by atoms with Crippen LogP contribution in [0.3, 0.4) is 0 Å². The van der Waals surface area contributed by atoms with E-state index in [1.54, 1.807) is 0 Å². The second kappa shape index (κ2) is 4.39. The number of nitrogens with two attached hydrogens (primary N) is 1. The lowest BCUT2D eigenvalue weighted by Gasteiger charge is -2.09. The number of aromatic hydroxyl groups is 1. The second-order valence-corrected chi connectivity index (χ2v) is 2.58. The van der Waals surface area contributed by atoms with Crippen molar-refractivity contribution < 1.29 is 13.9 Å². The van der Waals surface area contributed by atoms with Gasteiger partial charge in [-0.2, -0.15) is 0 Å². The van der Waals surface area contributed by atoms with Crippen LogP contribution in [0.25, 0.3) is 0 Å². The lowest BCUT2D eigenvalue weighted by molar-refractivity contribution is 0.412. The zero-order valence-electron chi connectivity index (χ0n) is 6.92. The summed E-state index contributed by atoms with van der Waals surface area (Å²) < 4.78 is 25.5. The van der Waals surface area contributed by atoms with Gasteiger partial charge in [-0.1, -0.05) is 0 Å². The summed E-state index contributed by atoms with van der Waals surface area (Å²) in [7, 11) is 0. The predicted octanol–water partition coefficient (Wildman–Crippen LogP) is 2.11. The maximum atomic E-state index is 12.9. The maximum absolute atomic E-state index is 12.9. The van der Waals surface area contributed by atoms with Crippen LogP contribution in [0.1, 0.15) is 18.5 Å². The molecule has 0 saturated heterocycles. The van der Waals surface area contributed by atoms with Gasteiger partial charge >= 0.3 is 0 Å². The molecule has 1 rings (SSSR count). The normalized spacial score (nSPS) is 12.0. The van der Waals surface area contributed by atoms with Gasteiger partial charge in [-0.05, 0) is 19.1 Å². The molecule has 0 radical (unpaired) electrons. The van der Waals surface area contributed by atoms with Crippen molar-refractivity contribution in [2.75, 3.05) is 0 Å². The van der Waals surface area contributed by atoms with E-state index < -0.39 is 23.4 Å². The zero-order valence-corrected chi connectivity index (χ0v) is 7.74. The molecule has 1 aromatic rings. The van der Waals surface area contributed by atoms with Gasteiger partial charge in [-0.25, -0.2) is 8.78 Å². The summed E-state index contributed by atoms with van der Waals surface area (Å²) in [5.41, 5.74) is 5.13. The molecule has 13 heavy (non-hydrogen) atoms. The first-order chi connectivity index (χ1) is 5.54. The van der Waals surface area contributed by atoms with E-state index in [9.17, 15) is 8.78 Å². The number of rotatable bonds is 1. The highest BCUT2D eigenvalue weighted by Crippen LogP contribution is 2.27. The van der Waals surface area contributed by atoms with Gasteiger partial charge in [-0.15, -0.1) is 12.4 Å². The summed E-state index contributed by atoms with van der Waals surface area (Å²) in [4.78, 5) is 0. The minimum atomic E-state index is -0.858. The average Bonchev–Trinajstić information content (AvgIpc) is 1.97. The molecule has 5 heteroatoms. The van der Waals surface area contributed by atoms with Gasteiger partial charge in [0.15, 0.2) is 11.6 Å². The minimum absolute atomic E-state index is 0. The Hall–Kier alpha value is -0.870. The van der Waals surface area contributed by atoms with Crippen molar-refractivity contribution in [2.45, 2.75) is 13.0 Å². The van der Waals surface area contributed by atoms with E-state index in [4.69, 9.17) is 10.8 Å². The number of hydrogen-bond acceptors (Lipinski definition) is 2. The number of benzene rings is 1. The van der Waals surface area contributed by atoms with E-state index in [0.29, 0.717) is 0 Å². The molecule has 1 aromatic carbocycles. The van der Waals surface area contributed by atoms with Crippen molar-refractivity contribution >= 4 is 12.4 Å². The van der Waals surface area contributed by atoms with Gasteiger partial charge in [0.2, 0.25) is 0 Å². The number of hydrogen-bond donors (Lipinski definition) is 2. The van der Waals surface area contributed by atoms with Crippen LogP contribution in [-0.2, 0) is 0 Å².